The van der Waals surface area contributed by atoms with E-state index < -0.39 is 0 Å². The Hall–Kier alpha value is -2.20. The molecule has 0 bridgehead atoms. The predicted molar refractivity (Wildman–Crippen MR) is 97.8 cm³/mol. The number of nitrogens with one attached hydrogen (secondary N) is 1. The van der Waals surface area contributed by atoms with E-state index in [2.05, 4.69) is 35.6 Å². The molecule has 0 amide bonds. The van der Waals surface area contributed by atoms with Crippen LogP contribution >= 0.6 is 0 Å². The predicted octanol–water partition coefficient (Wildman–Crippen LogP) is 3.68. The second kappa shape index (κ2) is 7.36. The second-order valence-electron chi connectivity index (χ2n) is 6.80. The van der Waals surface area contributed by atoms with Gasteiger partial charge in [0.2, 0.25) is 6.79 Å². The third-order valence-corrected chi connectivity index (χ3v) is 5.21. The molecule has 1 heterocycles. The van der Waals surface area contributed by atoms with Crippen molar-refractivity contribution >= 4 is 0 Å². The summed E-state index contributed by atoms with van der Waals surface area (Å²) in [5, 5.41) is 3.64. The van der Waals surface area contributed by atoms with Gasteiger partial charge in [-0.15, -0.1) is 0 Å². The molecule has 1 N–H and O–H groups in total. The lowest BCUT2D eigenvalue weighted by Crippen LogP contribution is -2.26. The third-order valence-electron chi connectivity index (χ3n) is 5.21. The summed E-state index contributed by atoms with van der Waals surface area (Å²) in [5.74, 6) is 3.26. The lowest BCUT2D eigenvalue weighted by atomic mass is 9.82. The maximum absolute atomic E-state index is 5.45. The van der Waals surface area contributed by atoms with E-state index in [1.54, 1.807) is 7.11 Å². The first-order valence-electron chi connectivity index (χ1n) is 9.09. The molecule has 4 rings (SSSR count). The van der Waals surface area contributed by atoms with Crippen molar-refractivity contribution in [3.8, 4) is 17.2 Å². The molecule has 2 aromatic carbocycles. The summed E-state index contributed by atoms with van der Waals surface area (Å²) in [6.07, 6.45) is 4.70. The molecular formula is C21H25NO3. The largest absolute Gasteiger partial charge is 0.497 e. The summed E-state index contributed by atoms with van der Waals surface area (Å²) in [5.41, 5.74) is 4.22. The van der Waals surface area contributed by atoms with Crippen LogP contribution in [0.2, 0.25) is 0 Å². The van der Waals surface area contributed by atoms with Gasteiger partial charge in [0.1, 0.15) is 5.75 Å². The van der Waals surface area contributed by atoms with Crippen molar-refractivity contribution < 1.29 is 14.2 Å². The molecule has 25 heavy (non-hydrogen) atoms. The third kappa shape index (κ3) is 3.59. The van der Waals surface area contributed by atoms with Crippen LogP contribution < -0.4 is 19.5 Å². The Morgan fingerprint density at radius 1 is 1.12 bits per heavy atom. The SMILES string of the molecule is COc1ccc2c(c1)C(CNCCc1ccc3c(c1)OCO3)CCC2. The van der Waals surface area contributed by atoms with Crippen molar-refractivity contribution in [3.63, 3.8) is 0 Å². The van der Waals surface area contributed by atoms with Crippen LogP contribution in [0.4, 0.5) is 0 Å². The number of hydrogen-bond acceptors (Lipinski definition) is 4. The zero-order valence-corrected chi connectivity index (χ0v) is 14.7. The van der Waals surface area contributed by atoms with Crippen molar-refractivity contribution in [3.05, 3.63) is 53.1 Å². The maximum atomic E-state index is 5.45. The van der Waals surface area contributed by atoms with Crippen LogP contribution in [-0.2, 0) is 12.8 Å². The fourth-order valence-corrected chi connectivity index (χ4v) is 3.82. The minimum atomic E-state index is 0.335. The monoisotopic (exact) mass is 339 g/mol. The molecule has 0 aromatic heterocycles. The van der Waals surface area contributed by atoms with Crippen molar-refractivity contribution in [1.82, 2.24) is 5.32 Å². The van der Waals surface area contributed by atoms with Crippen molar-refractivity contribution in [2.75, 3.05) is 27.0 Å². The van der Waals surface area contributed by atoms with E-state index in [9.17, 15) is 0 Å². The molecule has 4 nitrogen and oxygen atoms in total. The molecule has 1 aliphatic carbocycles. The highest BCUT2D eigenvalue weighted by Gasteiger charge is 2.20. The summed E-state index contributed by atoms with van der Waals surface area (Å²) in [7, 11) is 1.74. The number of methoxy groups -OCH3 is 1. The number of hydrogen-bond donors (Lipinski definition) is 1. The van der Waals surface area contributed by atoms with E-state index in [0.29, 0.717) is 12.7 Å². The van der Waals surface area contributed by atoms with Gasteiger partial charge in [-0.25, -0.2) is 0 Å². The van der Waals surface area contributed by atoms with E-state index >= 15 is 0 Å². The van der Waals surface area contributed by atoms with Gasteiger partial charge in [0.05, 0.1) is 7.11 Å². The zero-order chi connectivity index (χ0) is 17.1. The highest BCUT2D eigenvalue weighted by atomic mass is 16.7. The first-order valence-corrected chi connectivity index (χ1v) is 9.09. The summed E-state index contributed by atoms with van der Waals surface area (Å²) in [6, 6.07) is 12.7. The van der Waals surface area contributed by atoms with Crippen LogP contribution in [0.3, 0.4) is 0 Å². The van der Waals surface area contributed by atoms with Crippen LogP contribution in [0.15, 0.2) is 36.4 Å². The lowest BCUT2D eigenvalue weighted by Gasteiger charge is -2.26. The molecule has 0 fully saturated rings. The van der Waals surface area contributed by atoms with Gasteiger partial charge >= 0.3 is 0 Å². The molecule has 0 saturated heterocycles. The highest BCUT2D eigenvalue weighted by Crippen LogP contribution is 2.34. The molecule has 1 unspecified atom stereocenters. The lowest BCUT2D eigenvalue weighted by molar-refractivity contribution is 0.174. The number of ether oxygens (including phenoxy) is 3. The Morgan fingerprint density at radius 3 is 2.96 bits per heavy atom. The summed E-state index contributed by atoms with van der Waals surface area (Å²) < 4.78 is 16.2. The van der Waals surface area contributed by atoms with Gasteiger partial charge in [0, 0.05) is 6.54 Å². The van der Waals surface area contributed by atoms with Gasteiger partial charge in [-0.05, 0) is 79.1 Å². The first kappa shape index (κ1) is 16.3. The van der Waals surface area contributed by atoms with E-state index in [1.165, 1.54) is 36.0 Å². The quantitative estimate of drug-likeness (QED) is 0.815. The normalized spacial score (nSPS) is 18.0. The fourth-order valence-electron chi connectivity index (χ4n) is 3.82. The van der Waals surface area contributed by atoms with Crippen LogP contribution in [0, 0.1) is 0 Å². The van der Waals surface area contributed by atoms with Crippen molar-refractivity contribution in [1.29, 1.82) is 0 Å². The van der Waals surface area contributed by atoms with E-state index in [0.717, 1.165) is 36.8 Å². The van der Waals surface area contributed by atoms with Crippen molar-refractivity contribution in [2.45, 2.75) is 31.6 Å². The van der Waals surface area contributed by atoms with E-state index in [1.807, 2.05) is 6.07 Å². The zero-order valence-electron chi connectivity index (χ0n) is 14.7. The number of benzene rings is 2. The molecular weight excluding hydrogens is 314 g/mol. The number of fused-ring (bicyclic) bond motifs is 2. The first-order chi connectivity index (χ1) is 12.3. The Kier molecular flexibility index (Phi) is 4.79. The standard InChI is InChI=1S/C21H25NO3/c1-23-18-7-6-16-3-2-4-17(19(16)12-18)13-22-10-9-15-5-8-20-21(11-15)25-14-24-20/h5-8,11-12,17,22H,2-4,9-10,13-14H2,1H3. The van der Waals surface area contributed by atoms with E-state index in [4.69, 9.17) is 14.2 Å². The number of aryl methyl sites for hydroxylation is 1. The number of rotatable bonds is 6. The van der Waals surface area contributed by atoms with Gasteiger partial charge in [-0.1, -0.05) is 12.1 Å². The van der Waals surface area contributed by atoms with Gasteiger partial charge in [-0.2, -0.15) is 0 Å². The van der Waals surface area contributed by atoms with Gasteiger partial charge in [-0.3, -0.25) is 0 Å². The average molecular weight is 339 g/mol. The summed E-state index contributed by atoms with van der Waals surface area (Å²) in [6.45, 7) is 2.32. The van der Waals surface area contributed by atoms with Gasteiger partial charge < -0.3 is 19.5 Å². The Bertz CT molecular complexity index is 744. The molecule has 4 heteroatoms. The molecule has 2 aliphatic rings. The molecule has 2 aromatic rings. The molecule has 1 atom stereocenters. The minimum Gasteiger partial charge on any atom is -0.497 e. The van der Waals surface area contributed by atoms with Crippen LogP contribution in [0.25, 0.3) is 0 Å². The Labute approximate surface area is 149 Å². The minimum absolute atomic E-state index is 0.335. The van der Waals surface area contributed by atoms with Crippen LogP contribution in [0.1, 0.15) is 35.4 Å². The summed E-state index contributed by atoms with van der Waals surface area (Å²) in [4.78, 5) is 0. The second-order valence-corrected chi connectivity index (χ2v) is 6.80. The van der Waals surface area contributed by atoms with Gasteiger partial charge in [0.15, 0.2) is 11.5 Å². The maximum Gasteiger partial charge on any atom is 0.231 e. The molecule has 132 valence electrons. The Balaban J connectivity index is 1.32. The molecule has 0 radical (unpaired) electrons. The highest BCUT2D eigenvalue weighted by molar-refractivity contribution is 5.44. The molecule has 0 saturated carbocycles. The van der Waals surface area contributed by atoms with Gasteiger partial charge in [0.25, 0.3) is 0 Å². The molecule has 0 spiro atoms. The summed E-state index contributed by atoms with van der Waals surface area (Å²) >= 11 is 0. The van der Waals surface area contributed by atoms with Crippen LogP contribution in [0.5, 0.6) is 17.2 Å². The van der Waals surface area contributed by atoms with Crippen LogP contribution in [-0.4, -0.2) is 27.0 Å². The Morgan fingerprint density at radius 2 is 2.04 bits per heavy atom. The average Bonchev–Trinajstić information content (AvgIpc) is 3.12. The van der Waals surface area contributed by atoms with Crippen molar-refractivity contribution in [2.24, 2.45) is 0 Å². The fraction of sp³-hybridized carbons (Fsp3) is 0.429. The smallest absolute Gasteiger partial charge is 0.231 e. The molecule has 1 aliphatic heterocycles. The topological polar surface area (TPSA) is 39.7 Å². The van der Waals surface area contributed by atoms with E-state index in [-0.39, 0.29) is 0 Å².